The van der Waals surface area contributed by atoms with Crippen molar-refractivity contribution in [1.82, 2.24) is 5.32 Å². The molecule has 1 amide bonds. The summed E-state index contributed by atoms with van der Waals surface area (Å²) in [5.41, 5.74) is 0.583. The molecule has 0 unspecified atom stereocenters. The van der Waals surface area contributed by atoms with Crippen LogP contribution in [-0.4, -0.2) is 23.3 Å². The Morgan fingerprint density at radius 2 is 1.89 bits per heavy atom. The molecule has 18 heavy (non-hydrogen) atoms. The van der Waals surface area contributed by atoms with E-state index in [2.05, 4.69) is 5.32 Å². The summed E-state index contributed by atoms with van der Waals surface area (Å²) in [7, 11) is 0. The van der Waals surface area contributed by atoms with E-state index in [9.17, 15) is 14.7 Å². The van der Waals surface area contributed by atoms with Crippen LogP contribution in [0.25, 0.3) is 0 Å². The monoisotopic (exact) mass is 249 g/mol. The van der Waals surface area contributed by atoms with Gasteiger partial charge in [0.1, 0.15) is 5.75 Å². The van der Waals surface area contributed by atoms with Gasteiger partial charge >= 0.3 is 0 Å². The molecule has 0 fully saturated rings. The zero-order valence-electron chi connectivity index (χ0n) is 11.2. The number of rotatable bonds is 3. The fourth-order valence-electron chi connectivity index (χ4n) is 1.28. The fourth-order valence-corrected chi connectivity index (χ4v) is 1.28. The van der Waals surface area contributed by atoms with Crippen molar-refractivity contribution in [2.45, 2.75) is 27.7 Å². The van der Waals surface area contributed by atoms with E-state index >= 15 is 0 Å². The second kappa shape index (κ2) is 5.21. The van der Waals surface area contributed by atoms with Crippen LogP contribution < -0.4 is 5.32 Å². The largest absolute Gasteiger partial charge is 0.508 e. The molecule has 4 heteroatoms. The zero-order valence-corrected chi connectivity index (χ0v) is 11.2. The quantitative estimate of drug-likeness (QED) is 0.861. The first-order valence-corrected chi connectivity index (χ1v) is 5.83. The highest BCUT2D eigenvalue weighted by atomic mass is 16.3. The van der Waals surface area contributed by atoms with E-state index < -0.39 is 5.41 Å². The summed E-state index contributed by atoms with van der Waals surface area (Å²) in [6.45, 7) is 7.16. The van der Waals surface area contributed by atoms with Crippen molar-refractivity contribution in [2.24, 2.45) is 5.41 Å². The van der Waals surface area contributed by atoms with Gasteiger partial charge in [0.05, 0.1) is 6.54 Å². The van der Waals surface area contributed by atoms with Crippen molar-refractivity contribution in [3.63, 3.8) is 0 Å². The molecular formula is C14H19NO3. The van der Waals surface area contributed by atoms with Crippen LogP contribution in [0.3, 0.4) is 0 Å². The zero-order chi connectivity index (χ0) is 13.9. The number of aromatic hydroxyl groups is 1. The summed E-state index contributed by atoms with van der Waals surface area (Å²) in [6.07, 6.45) is 0. The molecule has 0 aromatic heterocycles. The van der Waals surface area contributed by atoms with E-state index in [1.165, 1.54) is 6.07 Å². The Hall–Kier alpha value is -1.84. The number of Topliss-reactive ketones (excluding diaryl/α,β-unsaturated/α-hetero) is 1. The van der Waals surface area contributed by atoms with Crippen molar-refractivity contribution in [3.8, 4) is 5.75 Å². The first-order chi connectivity index (χ1) is 8.21. The van der Waals surface area contributed by atoms with E-state index in [4.69, 9.17) is 0 Å². The summed E-state index contributed by atoms with van der Waals surface area (Å²) < 4.78 is 0. The Kier molecular flexibility index (Phi) is 4.11. The number of hydrogen-bond acceptors (Lipinski definition) is 3. The van der Waals surface area contributed by atoms with Gasteiger partial charge in [-0.2, -0.15) is 0 Å². The number of benzene rings is 1. The molecule has 2 N–H and O–H groups in total. The fraction of sp³-hybridized carbons (Fsp3) is 0.429. The van der Waals surface area contributed by atoms with Crippen LogP contribution >= 0.6 is 0 Å². The van der Waals surface area contributed by atoms with Crippen LogP contribution in [0.4, 0.5) is 0 Å². The van der Waals surface area contributed by atoms with Crippen molar-refractivity contribution in [2.75, 3.05) is 6.54 Å². The molecule has 0 aliphatic rings. The van der Waals surface area contributed by atoms with E-state index in [0.717, 1.165) is 0 Å². The summed E-state index contributed by atoms with van der Waals surface area (Å²) >= 11 is 0. The topological polar surface area (TPSA) is 66.4 Å². The third-order valence-electron chi connectivity index (χ3n) is 2.72. The van der Waals surface area contributed by atoms with Gasteiger partial charge in [0.25, 0.3) is 5.91 Å². The SMILES string of the molecule is Cc1ccc(C(=O)NCC(=O)C(C)(C)C)cc1O. The Morgan fingerprint density at radius 3 is 2.39 bits per heavy atom. The van der Waals surface area contributed by atoms with E-state index in [-0.39, 0.29) is 24.0 Å². The van der Waals surface area contributed by atoms with Crippen molar-refractivity contribution in [1.29, 1.82) is 0 Å². The Labute approximate surface area is 107 Å². The Bertz CT molecular complexity index is 472. The van der Waals surface area contributed by atoms with Crippen LogP contribution in [0, 0.1) is 12.3 Å². The first-order valence-electron chi connectivity index (χ1n) is 5.83. The number of carbonyl (C=O) groups is 2. The second-order valence-electron chi connectivity index (χ2n) is 5.36. The van der Waals surface area contributed by atoms with Gasteiger partial charge in [0, 0.05) is 11.0 Å². The molecule has 1 rings (SSSR count). The maximum Gasteiger partial charge on any atom is 0.251 e. The van der Waals surface area contributed by atoms with Gasteiger partial charge in [0.15, 0.2) is 5.78 Å². The predicted molar refractivity (Wildman–Crippen MR) is 69.6 cm³/mol. The number of hydrogen-bond donors (Lipinski definition) is 2. The van der Waals surface area contributed by atoms with Crippen LogP contribution in [0.1, 0.15) is 36.7 Å². The lowest BCUT2D eigenvalue weighted by Crippen LogP contribution is -2.35. The van der Waals surface area contributed by atoms with Crippen molar-refractivity contribution < 1.29 is 14.7 Å². The molecule has 4 nitrogen and oxygen atoms in total. The highest BCUT2D eigenvalue weighted by Gasteiger charge is 2.21. The van der Waals surface area contributed by atoms with Gasteiger partial charge in [-0.3, -0.25) is 9.59 Å². The maximum absolute atomic E-state index is 11.8. The molecule has 0 aliphatic carbocycles. The maximum atomic E-state index is 11.8. The molecule has 1 aromatic rings. The molecule has 98 valence electrons. The normalized spacial score (nSPS) is 11.1. The summed E-state index contributed by atoms with van der Waals surface area (Å²) in [5, 5.41) is 12.1. The number of amides is 1. The summed E-state index contributed by atoms with van der Waals surface area (Å²) in [4.78, 5) is 23.4. The number of aryl methyl sites for hydroxylation is 1. The number of phenolic OH excluding ortho intramolecular Hbond substituents is 1. The van der Waals surface area contributed by atoms with Crippen LogP contribution in [-0.2, 0) is 4.79 Å². The number of nitrogens with one attached hydrogen (secondary N) is 1. The molecule has 0 aliphatic heterocycles. The molecule has 0 heterocycles. The number of ketones is 1. The number of carbonyl (C=O) groups excluding carboxylic acids is 2. The van der Waals surface area contributed by atoms with Gasteiger partial charge in [-0.25, -0.2) is 0 Å². The highest BCUT2D eigenvalue weighted by Crippen LogP contribution is 2.17. The molecule has 0 radical (unpaired) electrons. The third kappa shape index (κ3) is 3.58. The second-order valence-corrected chi connectivity index (χ2v) is 5.36. The van der Waals surface area contributed by atoms with Gasteiger partial charge in [-0.1, -0.05) is 26.8 Å². The average Bonchev–Trinajstić information content (AvgIpc) is 2.27. The van der Waals surface area contributed by atoms with E-state index in [1.807, 2.05) is 0 Å². The Morgan fingerprint density at radius 1 is 1.28 bits per heavy atom. The molecule has 1 aromatic carbocycles. The van der Waals surface area contributed by atoms with Gasteiger partial charge in [-0.15, -0.1) is 0 Å². The molecular weight excluding hydrogens is 230 g/mol. The third-order valence-corrected chi connectivity index (χ3v) is 2.72. The minimum Gasteiger partial charge on any atom is -0.508 e. The lowest BCUT2D eigenvalue weighted by Gasteiger charge is -2.16. The molecule has 0 saturated carbocycles. The summed E-state index contributed by atoms with van der Waals surface area (Å²) in [5.74, 6) is -0.320. The van der Waals surface area contributed by atoms with Gasteiger partial charge < -0.3 is 10.4 Å². The molecule has 0 spiro atoms. The molecule has 0 bridgehead atoms. The van der Waals surface area contributed by atoms with Crippen LogP contribution in [0.5, 0.6) is 5.75 Å². The smallest absolute Gasteiger partial charge is 0.251 e. The van der Waals surface area contributed by atoms with Crippen LogP contribution in [0.2, 0.25) is 0 Å². The predicted octanol–water partition coefficient (Wildman–Crippen LogP) is 2.05. The lowest BCUT2D eigenvalue weighted by atomic mass is 9.91. The first kappa shape index (κ1) is 14.2. The minimum absolute atomic E-state index is 0.00300. The molecule has 0 saturated heterocycles. The van der Waals surface area contributed by atoms with Crippen molar-refractivity contribution in [3.05, 3.63) is 29.3 Å². The van der Waals surface area contributed by atoms with Crippen molar-refractivity contribution >= 4 is 11.7 Å². The van der Waals surface area contributed by atoms with E-state index in [0.29, 0.717) is 11.1 Å². The number of phenols is 1. The van der Waals surface area contributed by atoms with Gasteiger partial charge in [-0.05, 0) is 24.6 Å². The summed E-state index contributed by atoms with van der Waals surface area (Å²) in [6, 6.07) is 4.67. The minimum atomic E-state index is -0.470. The van der Waals surface area contributed by atoms with Gasteiger partial charge in [0.2, 0.25) is 0 Å². The Balaban J connectivity index is 2.66. The van der Waals surface area contributed by atoms with Crippen LogP contribution in [0.15, 0.2) is 18.2 Å². The molecule has 0 atom stereocenters. The lowest BCUT2D eigenvalue weighted by molar-refractivity contribution is -0.125. The highest BCUT2D eigenvalue weighted by molar-refractivity contribution is 5.97. The average molecular weight is 249 g/mol. The van der Waals surface area contributed by atoms with E-state index in [1.54, 1.807) is 39.8 Å². The standard InChI is InChI=1S/C14H19NO3/c1-9-5-6-10(7-11(9)16)13(18)15-8-12(17)14(2,3)4/h5-7,16H,8H2,1-4H3,(H,15,18).